The van der Waals surface area contributed by atoms with Crippen molar-refractivity contribution >= 4 is 17.7 Å². The first-order chi connectivity index (χ1) is 13.7. The van der Waals surface area contributed by atoms with E-state index in [1.165, 1.54) is 16.4 Å². The van der Waals surface area contributed by atoms with Crippen molar-refractivity contribution in [2.24, 2.45) is 0 Å². The van der Waals surface area contributed by atoms with E-state index in [0.717, 1.165) is 24.2 Å². The third-order valence-corrected chi connectivity index (χ3v) is 5.48. The van der Waals surface area contributed by atoms with E-state index in [9.17, 15) is 4.79 Å². The Labute approximate surface area is 166 Å². The van der Waals surface area contributed by atoms with Crippen molar-refractivity contribution < 1.29 is 13.9 Å². The molecule has 0 atom stereocenters. The molecule has 9 heteroatoms. The minimum atomic E-state index is 0.0610. The second-order valence-corrected chi connectivity index (χ2v) is 7.49. The topological polar surface area (TPSA) is 99.4 Å². The van der Waals surface area contributed by atoms with Crippen molar-refractivity contribution in [1.82, 2.24) is 19.8 Å². The number of rotatable bonds is 8. The van der Waals surface area contributed by atoms with E-state index in [1.54, 1.807) is 25.5 Å². The highest BCUT2D eigenvalue weighted by molar-refractivity contribution is 7.99. The highest BCUT2D eigenvalue weighted by Gasteiger charge is 2.32. The first-order valence-electron chi connectivity index (χ1n) is 8.95. The van der Waals surface area contributed by atoms with Gasteiger partial charge in [0.15, 0.2) is 5.76 Å². The maximum absolute atomic E-state index is 12.8. The van der Waals surface area contributed by atoms with Gasteiger partial charge in [-0.05, 0) is 42.7 Å². The van der Waals surface area contributed by atoms with Crippen molar-refractivity contribution in [3.05, 3.63) is 48.2 Å². The van der Waals surface area contributed by atoms with Gasteiger partial charge >= 0.3 is 0 Å². The molecule has 0 radical (unpaired) electrons. The molecule has 3 aromatic rings. The second-order valence-electron chi connectivity index (χ2n) is 6.54. The summed E-state index contributed by atoms with van der Waals surface area (Å²) in [6.07, 6.45) is 3.64. The second kappa shape index (κ2) is 7.97. The van der Waals surface area contributed by atoms with Crippen LogP contribution in [0.5, 0.6) is 5.75 Å². The molecule has 0 saturated heterocycles. The van der Waals surface area contributed by atoms with Crippen LogP contribution in [0.4, 0.5) is 0 Å². The summed E-state index contributed by atoms with van der Waals surface area (Å²) in [7, 11) is 1.64. The van der Waals surface area contributed by atoms with Gasteiger partial charge in [-0.15, -0.1) is 10.2 Å². The lowest BCUT2D eigenvalue weighted by molar-refractivity contribution is -0.129. The number of nitrogens with two attached hydrogens (primary N) is 1. The van der Waals surface area contributed by atoms with Crippen molar-refractivity contribution in [3.8, 4) is 17.3 Å². The van der Waals surface area contributed by atoms with Gasteiger partial charge < -0.3 is 19.9 Å². The molecule has 1 fully saturated rings. The number of thioether (sulfide) groups is 1. The fourth-order valence-corrected chi connectivity index (χ4v) is 3.64. The van der Waals surface area contributed by atoms with Crippen LogP contribution in [-0.2, 0) is 11.3 Å². The number of aromatic nitrogens is 3. The lowest BCUT2D eigenvalue weighted by atomic mass is 10.2. The van der Waals surface area contributed by atoms with E-state index in [-0.39, 0.29) is 11.7 Å². The van der Waals surface area contributed by atoms with Gasteiger partial charge in [-0.2, -0.15) is 0 Å². The van der Waals surface area contributed by atoms with Gasteiger partial charge in [0.2, 0.25) is 16.9 Å². The van der Waals surface area contributed by atoms with Crippen molar-refractivity contribution in [2.45, 2.75) is 30.6 Å². The summed E-state index contributed by atoms with van der Waals surface area (Å²) in [5.41, 5.74) is 1.08. The highest BCUT2D eigenvalue weighted by atomic mass is 32.2. The summed E-state index contributed by atoms with van der Waals surface area (Å²) < 4.78 is 11.8. The van der Waals surface area contributed by atoms with Crippen LogP contribution in [0.3, 0.4) is 0 Å². The first kappa shape index (κ1) is 18.4. The number of carbonyl (C=O) groups is 1. The van der Waals surface area contributed by atoms with Crippen LogP contribution in [0.1, 0.15) is 18.4 Å². The largest absolute Gasteiger partial charge is 0.497 e. The monoisotopic (exact) mass is 399 g/mol. The highest BCUT2D eigenvalue weighted by Crippen LogP contribution is 2.30. The van der Waals surface area contributed by atoms with Crippen LogP contribution in [0.25, 0.3) is 11.6 Å². The number of methoxy groups -OCH3 is 1. The van der Waals surface area contributed by atoms with Crippen LogP contribution in [-0.4, -0.2) is 44.6 Å². The number of ether oxygens (including phenoxy) is 1. The average molecular weight is 399 g/mol. The third kappa shape index (κ3) is 3.99. The Hall–Kier alpha value is -2.94. The summed E-state index contributed by atoms with van der Waals surface area (Å²) >= 11 is 1.27. The Morgan fingerprint density at radius 3 is 2.75 bits per heavy atom. The molecule has 0 spiro atoms. The van der Waals surface area contributed by atoms with Crippen LogP contribution >= 0.6 is 11.8 Å². The van der Waals surface area contributed by atoms with E-state index in [0.29, 0.717) is 29.3 Å². The van der Waals surface area contributed by atoms with Crippen LogP contribution in [0.2, 0.25) is 0 Å². The molecule has 1 aromatic carbocycles. The summed E-state index contributed by atoms with van der Waals surface area (Å²) in [6, 6.07) is 11.6. The molecule has 1 saturated carbocycles. The quantitative estimate of drug-likeness (QED) is 0.459. The van der Waals surface area contributed by atoms with E-state index in [2.05, 4.69) is 10.2 Å². The zero-order chi connectivity index (χ0) is 19.5. The molecule has 2 heterocycles. The minimum absolute atomic E-state index is 0.0610. The smallest absolute Gasteiger partial charge is 0.233 e. The molecule has 0 bridgehead atoms. The summed E-state index contributed by atoms with van der Waals surface area (Å²) in [6.45, 7) is 0.584. The molecule has 1 aliphatic carbocycles. The molecule has 4 rings (SSSR count). The molecule has 2 aromatic heterocycles. The summed E-state index contributed by atoms with van der Waals surface area (Å²) in [5, 5.41) is 8.59. The molecule has 0 unspecified atom stereocenters. The van der Waals surface area contributed by atoms with E-state index in [1.807, 2.05) is 29.2 Å². The molecular weight excluding hydrogens is 378 g/mol. The van der Waals surface area contributed by atoms with Gasteiger partial charge in [0.05, 0.1) is 19.1 Å². The number of furan rings is 1. The summed E-state index contributed by atoms with van der Waals surface area (Å²) in [5.74, 6) is 8.13. The SMILES string of the molecule is COc1ccc(CN(C(=O)CSc2nnc(-c3ccco3)n2N)C2CC2)cc1. The van der Waals surface area contributed by atoms with E-state index >= 15 is 0 Å². The molecule has 0 aliphatic heterocycles. The Balaban J connectivity index is 1.40. The fraction of sp³-hybridized carbons (Fsp3) is 0.316. The normalized spacial score (nSPS) is 13.5. The maximum atomic E-state index is 12.8. The predicted octanol–water partition coefficient (Wildman–Crippen LogP) is 2.54. The van der Waals surface area contributed by atoms with Gasteiger partial charge in [0, 0.05) is 12.6 Å². The molecule has 28 heavy (non-hydrogen) atoms. The minimum Gasteiger partial charge on any atom is -0.497 e. The first-order valence-corrected chi connectivity index (χ1v) is 9.94. The van der Waals surface area contributed by atoms with E-state index in [4.69, 9.17) is 15.0 Å². The van der Waals surface area contributed by atoms with Crippen LogP contribution < -0.4 is 10.6 Å². The number of amides is 1. The number of hydrogen-bond acceptors (Lipinski definition) is 7. The number of nitrogen functional groups attached to an aromatic ring is 1. The van der Waals surface area contributed by atoms with Gasteiger partial charge in [0.25, 0.3) is 0 Å². The van der Waals surface area contributed by atoms with Gasteiger partial charge in [-0.25, -0.2) is 4.68 Å². The maximum Gasteiger partial charge on any atom is 0.233 e. The standard InChI is InChI=1S/C19H21N5O3S/c1-26-15-8-4-13(5-9-15)11-23(14-6-7-14)17(25)12-28-19-22-21-18(24(19)20)16-3-2-10-27-16/h2-5,8-10,14H,6-7,11-12,20H2,1H3. The Morgan fingerprint density at radius 1 is 1.32 bits per heavy atom. The molecular formula is C19H21N5O3S. The fourth-order valence-electron chi connectivity index (χ4n) is 2.89. The lowest BCUT2D eigenvalue weighted by Crippen LogP contribution is -2.34. The summed E-state index contributed by atoms with van der Waals surface area (Å²) in [4.78, 5) is 14.8. The average Bonchev–Trinajstić information content (AvgIpc) is 3.28. The number of nitrogens with zero attached hydrogens (tertiary/aromatic N) is 4. The molecule has 146 valence electrons. The third-order valence-electron chi connectivity index (χ3n) is 4.55. The zero-order valence-corrected chi connectivity index (χ0v) is 16.3. The van der Waals surface area contributed by atoms with E-state index < -0.39 is 0 Å². The molecule has 2 N–H and O–H groups in total. The van der Waals surface area contributed by atoms with Crippen LogP contribution in [0.15, 0.2) is 52.2 Å². The molecule has 1 amide bonds. The van der Waals surface area contributed by atoms with Gasteiger partial charge in [0.1, 0.15) is 5.75 Å². The van der Waals surface area contributed by atoms with Crippen molar-refractivity contribution in [2.75, 3.05) is 18.7 Å². The van der Waals surface area contributed by atoms with Crippen molar-refractivity contribution in [3.63, 3.8) is 0 Å². The molecule has 8 nitrogen and oxygen atoms in total. The zero-order valence-electron chi connectivity index (χ0n) is 15.4. The predicted molar refractivity (Wildman–Crippen MR) is 105 cm³/mol. The Kier molecular flexibility index (Phi) is 5.25. The lowest BCUT2D eigenvalue weighted by Gasteiger charge is -2.22. The Bertz CT molecular complexity index is 935. The van der Waals surface area contributed by atoms with Gasteiger partial charge in [-0.1, -0.05) is 23.9 Å². The Morgan fingerprint density at radius 2 is 2.11 bits per heavy atom. The molecule has 1 aliphatic rings. The number of hydrogen-bond donors (Lipinski definition) is 1. The number of carbonyl (C=O) groups excluding carboxylic acids is 1. The number of benzene rings is 1. The van der Waals surface area contributed by atoms with Crippen LogP contribution in [0, 0.1) is 0 Å². The van der Waals surface area contributed by atoms with Crippen molar-refractivity contribution in [1.29, 1.82) is 0 Å². The van der Waals surface area contributed by atoms with Gasteiger partial charge in [-0.3, -0.25) is 4.79 Å².